The Labute approximate surface area is 171 Å². The minimum Gasteiger partial charge on any atom is -0.357 e. The molecule has 0 radical (unpaired) electrons. The van der Waals surface area contributed by atoms with E-state index in [1.54, 1.807) is 18.3 Å². The topological polar surface area (TPSA) is 88.2 Å². The highest BCUT2D eigenvalue weighted by molar-refractivity contribution is 5.79. The Balaban J connectivity index is 1.53. The van der Waals surface area contributed by atoms with Crippen molar-refractivity contribution in [2.75, 3.05) is 13.1 Å². The van der Waals surface area contributed by atoms with Crippen LogP contribution in [0.15, 0.2) is 58.2 Å². The average molecular weight is 418 g/mol. The van der Waals surface area contributed by atoms with E-state index in [1.165, 1.54) is 12.1 Å². The van der Waals surface area contributed by atoms with Crippen molar-refractivity contribution in [3.8, 4) is 11.6 Å². The normalized spacial score (nSPS) is 12.1. The standard InChI is InChI=1S/C20H21F3N6O/c1-2-24-19(27-13-14-6-8-15(9-7-14)20(21,22)23)26-12-10-17-28-18(30-29-17)16-5-3-4-11-25-16/h3-9,11H,2,10,12-13H2,1H3,(H2,24,26,27). The zero-order valence-corrected chi connectivity index (χ0v) is 16.3. The van der Waals surface area contributed by atoms with Gasteiger partial charge in [-0.15, -0.1) is 0 Å². The van der Waals surface area contributed by atoms with Gasteiger partial charge in [-0.25, -0.2) is 4.99 Å². The number of aliphatic imine (C=N–C) groups is 1. The maximum atomic E-state index is 12.6. The first-order chi connectivity index (χ1) is 14.5. The van der Waals surface area contributed by atoms with E-state index < -0.39 is 11.7 Å². The number of alkyl halides is 3. The molecule has 2 N–H and O–H groups in total. The van der Waals surface area contributed by atoms with Crippen LogP contribution in [0.1, 0.15) is 23.9 Å². The van der Waals surface area contributed by atoms with Gasteiger partial charge in [0.05, 0.1) is 12.1 Å². The summed E-state index contributed by atoms with van der Waals surface area (Å²) in [5.74, 6) is 1.43. The van der Waals surface area contributed by atoms with Crippen molar-refractivity contribution in [3.05, 3.63) is 65.6 Å². The number of rotatable bonds is 7. The third-order valence-electron chi connectivity index (χ3n) is 4.04. The maximum absolute atomic E-state index is 12.6. The van der Waals surface area contributed by atoms with Crippen LogP contribution in [0.25, 0.3) is 11.6 Å². The van der Waals surface area contributed by atoms with Crippen LogP contribution < -0.4 is 10.6 Å². The zero-order valence-electron chi connectivity index (χ0n) is 16.3. The number of halogens is 3. The summed E-state index contributed by atoms with van der Waals surface area (Å²) < 4.78 is 43.1. The minimum atomic E-state index is -4.34. The lowest BCUT2D eigenvalue weighted by atomic mass is 10.1. The molecule has 7 nitrogen and oxygen atoms in total. The summed E-state index contributed by atoms with van der Waals surface area (Å²) >= 11 is 0. The summed E-state index contributed by atoms with van der Waals surface area (Å²) in [6, 6.07) is 10.4. The van der Waals surface area contributed by atoms with E-state index in [0.29, 0.717) is 48.4 Å². The van der Waals surface area contributed by atoms with Crippen LogP contribution in [0, 0.1) is 0 Å². The van der Waals surface area contributed by atoms with Crippen LogP contribution in [-0.4, -0.2) is 34.2 Å². The van der Waals surface area contributed by atoms with Crippen molar-refractivity contribution >= 4 is 5.96 Å². The molecule has 0 aliphatic carbocycles. The summed E-state index contributed by atoms with van der Waals surface area (Å²) in [7, 11) is 0. The second kappa shape index (κ2) is 9.86. The van der Waals surface area contributed by atoms with Crippen LogP contribution in [0.2, 0.25) is 0 Å². The summed E-state index contributed by atoms with van der Waals surface area (Å²) in [5.41, 5.74) is 0.611. The van der Waals surface area contributed by atoms with Crippen molar-refractivity contribution in [1.82, 2.24) is 25.8 Å². The summed E-state index contributed by atoms with van der Waals surface area (Å²) in [5, 5.41) is 10.2. The third-order valence-corrected chi connectivity index (χ3v) is 4.04. The van der Waals surface area contributed by atoms with E-state index in [9.17, 15) is 13.2 Å². The molecule has 0 fully saturated rings. The summed E-state index contributed by atoms with van der Waals surface area (Å²) in [6.45, 7) is 3.32. The molecule has 0 spiro atoms. The van der Waals surface area contributed by atoms with E-state index in [2.05, 4.69) is 30.8 Å². The number of pyridine rings is 1. The molecule has 0 bridgehead atoms. The van der Waals surface area contributed by atoms with E-state index in [1.807, 2.05) is 13.0 Å². The molecule has 3 rings (SSSR count). The van der Waals surface area contributed by atoms with E-state index >= 15 is 0 Å². The van der Waals surface area contributed by atoms with E-state index in [0.717, 1.165) is 12.1 Å². The van der Waals surface area contributed by atoms with Gasteiger partial charge in [0, 0.05) is 25.7 Å². The highest BCUT2D eigenvalue weighted by atomic mass is 19.4. The monoisotopic (exact) mass is 418 g/mol. The molecule has 0 aliphatic heterocycles. The van der Waals surface area contributed by atoms with Gasteiger partial charge in [-0.2, -0.15) is 18.2 Å². The van der Waals surface area contributed by atoms with Crippen LogP contribution in [0.4, 0.5) is 13.2 Å². The van der Waals surface area contributed by atoms with Crippen LogP contribution in [-0.2, 0) is 19.1 Å². The second-order valence-electron chi connectivity index (χ2n) is 6.30. The van der Waals surface area contributed by atoms with Crippen LogP contribution in [0.5, 0.6) is 0 Å². The molecule has 0 aliphatic rings. The fourth-order valence-electron chi connectivity index (χ4n) is 2.55. The summed E-state index contributed by atoms with van der Waals surface area (Å²) in [6.07, 6.45) is -2.19. The lowest BCUT2D eigenvalue weighted by molar-refractivity contribution is -0.137. The molecule has 0 amide bonds. The molecule has 0 saturated carbocycles. The molecule has 10 heteroatoms. The Bertz CT molecular complexity index is 955. The Kier molecular flexibility index (Phi) is 6.99. The molecular formula is C20H21F3N6O. The molecule has 2 heterocycles. The quantitative estimate of drug-likeness (QED) is 0.451. The van der Waals surface area contributed by atoms with E-state index in [4.69, 9.17) is 4.52 Å². The molecule has 1 aromatic carbocycles. The molecular weight excluding hydrogens is 397 g/mol. The predicted molar refractivity (Wildman–Crippen MR) is 105 cm³/mol. The summed E-state index contributed by atoms with van der Waals surface area (Å²) in [4.78, 5) is 12.9. The van der Waals surface area contributed by atoms with Gasteiger partial charge in [0.25, 0.3) is 5.89 Å². The first-order valence-corrected chi connectivity index (χ1v) is 9.38. The van der Waals surface area contributed by atoms with Gasteiger partial charge in [-0.05, 0) is 36.8 Å². The predicted octanol–water partition coefficient (Wildman–Crippen LogP) is 3.45. The average Bonchev–Trinajstić information content (AvgIpc) is 3.21. The number of nitrogens with zero attached hydrogens (tertiary/aromatic N) is 4. The maximum Gasteiger partial charge on any atom is 0.416 e. The number of hydrogen-bond donors (Lipinski definition) is 2. The number of guanidine groups is 1. The van der Waals surface area contributed by atoms with Crippen molar-refractivity contribution in [1.29, 1.82) is 0 Å². The van der Waals surface area contributed by atoms with Crippen molar-refractivity contribution < 1.29 is 17.7 Å². The Morgan fingerprint density at radius 3 is 2.57 bits per heavy atom. The molecule has 2 aromatic heterocycles. The third kappa shape index (κ3) is 6.03. The number of aromatic nitrogens is 3. The highest BCUT2D eigenvalue weighted by Gasteiger charge is 2.29. The van der Waals surface area contributed by atoms with Gasteiger partial charge in [-0.1, -0.05) is 23.4 Å². The molecule has 0 unspecified atom stereocenters. The Hall–Kier alpha value is -3.43. The van der Waals surface area contributed by atoms with Gasteiger partial charge in [0.2, 0.25) is 0 Å². The molecule has 3 aromatic rings. The molecule has 158 valence electrons. The molecule has 0 atom stereocenters. The second-order valence-corrected chi connectivity index (χ2v) is 6.30. The van der Waals surface area contributed by atoms with Gasteiger partial charge in [-0.3, -0.25) is 4.98 Å². The zero-order chi connectivity index (χ0) is 21.4. The van der Waals surface area contributed by atoms with Crippen molar-refractivity contribution in [2.45, 2.75) is 26.1 Å². The van der Waals surface area contributed by atoms with E-state index in [-0.39, 0.29) is 6.54 Å². The Morgan fingerprint density at radius 1 is 1.10 bits per heavy atom. The highest BCUT2D eigenvalue weighted by Crippen LogP contribution is 2.29. The number of benzene rings is 1. The van der Waals surface area contributed by atoms with Gasteiger partial charge in [0.15, 0.2) is 11.8 Å². The number of hydrogen-bond acceptors (Lipinski definition) is 5. The SMILES string of the molecule is CCNC(=NCc1ccc(C(F)(F)F)cc1)NCCc1noc(-c2ccccn2)n1. The molecule has 30 heavy (non-hydrogen) atoms. The van der Waals surface area contributed by atoms with Gasteiger partial charge < -0.3 is 15.2 Å². The number of nitrogens with one attached hydrogen (secondary N) is 2. The van der Waals surface area contributed by atoms with Crippen LogP contribution in [0.3, 0.4) is 0 Å². The fourth-order valence-corrected chi connectivity index (χ4v) is 2.55. The largest absolute Gasteiger partial charge is 0.416 e. The van der Waals surface area contributed by atoms with Crippen molar-refractivity contribution in [3.63, 3.8) is 0 Å². The molecule has 0 saturated heterocycles. The first kappa shape index (κ1) is 21.3. The Morgan fingerprint density at radius 2 is 1.90 bits per heavy atom. The minimum absolute atomic E-state index is 0.250. The van der Waals surface area contributed by atoms with Gasteiger partial charge in [0.1, 0.15) is 5.69 Å². The lowest BCUT2D eigenvalue weighted by Crippen LogP contribution is -2.38. The lowest BCUT2D eigenvalue weighted by Gasteiger charge is -2.11. The van der Waals surface area contributed by atoms with Crippen LogP contribution >= 0.6 is 0 Å². The smallest absolute Gasteiger partial charge is 0.357 e. The first-order valence-electron chi connectivity index (χ1n) is 9.38. The van der Waals surface area contributed by atoms with Crippen molar-refractivity contribution in [2.24, 2.45) is 4.99 Å². The van der Waals surface area contributed by atoms with Gasteiger partial charge >= 0.3 is 6.18 Å². The fraction of sp³-hybridized carbons (Fsp3) is 0.300.